The maximum absolute atomic E-state index is 13.0. The molecule has 3 aromatic carbocycles. The lowest BCUT2D eigenvalue weighted by molar-refractivity contribution is -0.143. The molecule has 0 aliphatic carbocycles. The van der Waals surface area contributed by atoms with Gasteiger partial charge in [-0.2, -0.15) is 0 Å². The molecule has 2 unspecified atom stereocenters. The van der Waals surface area contributed by atoms with Gasteiger partial charge in [-0.1, -0.05) is 104 Å². The molecule has 0 saturated carbocycles. The Bertz CT molecular complexity index is 963. The molecule has 0 N–H and O–H groups in total. The van der Waals surface area contributed by atoms with E-state index in [-0.39, 0.29) is 36.6 Å². The number of carbonyl (C=O) groups is 2. The summed E-state index contributed by atoms with van der Waals surface area (Å²) in [5, 5.41) is 0. The van der Waals surface area contributed by atoms with Gasteiger partial charge in [-0.05, 0) is 17.2 Å². The lowest BCUT2D eigenvalue weighted by Crippen LogP contribution is -2.23. The summed E-state index contributed by atoms with van der Waals surface area (Å²) >= 11 is 0. The summed E-state index contributed by atoms with van der Waals surface area (Å²) in [6, 6.07) is 28.8. The van der Waals surface area contributed by atoms with Gasteiger partial charge in [-0.15, -0.1) is 0 Å². The average molecular weight is 399 g/mol. The summed E-state index contributed by atoms with van der Waals surface area (Å²) in [5.41, 5.74) is 2.67. The van der Waals surface area contributed by atoms with Crippen LogP contribution in [-0.2, 0) is 9.53 Å². The molecule has 0 heterocycles. The first kappa shape index (κ1) is 21.3. The third-order valence-corrected chi connectivity index (χ3v) is 5.14. The zero-order valence-corrected chi connectivity index (χ0v) is 17.1. The quantitative estimate of drug-likeness (QED) is 0.331. The Morgan fingerprint density at radius 2 is 1.40 bits per heavy atom. The second kappa shape index (κ2) is 10.9. The standard InChI is InChI=1S/C27H26O3/c1-21(27(29)24-17-9-4-10-18-24)25(23-15-7-3-8-16-23)20-26(28)30-19-11-14-22-12-5-2-6-13-22/h2-18,21,25H,19-20H2,1H3/b14-11+. The number of Topliss-reactive ketones (excluding diaryl/α,β-unsaturated/α-hetero) is 1. The Kier molecular flexibility index (Phi) is 7.73. The zero-order chi connectivity index (χ0) is 21.2. The van der Waals surface area contributed by atoms with Crippen molar-refractivity contribution in [3.8, 4) is 0 Å². The monoisotopic (exact) mass is 398 g/mol. The smallest absolute Gasteiger partial charge is 0.306 e. The molecule has 3 aromatic rings. The van der Waals surface area contributed by atoms with Crippen molar-refractivity contribution in [3.63, 3.8) is 0 Å². The number of rotatable bonds is 9. The molecule has 0 aliphatic rings. The van der Waals surface area contributed by atoms with Crippen molar-refractivity contribution in [2.45, 2.75) is 19.3 Å². The highest BCUT2D eigenvalue weighted by Crippen LogP contribution is 2.31. The van der Waals surface area contributed by atoms with E-state index in [2.05, 4.69) is 0 Å². The van der Waals surface area contributed by atoms with Crippen LogP contribution in [-0.4, -0.2) is 18.4 Å². The highest BCUT2D eigenvalue weighted by Gasteiger charge is 2.28. The van der Waals surface area contributed by atoms with E-state index in [1.54, 1.807) is 0 Å². The minimum Gasteiger partial charge on any atom is -0.461 e. The maximum atomic E-state index is 13.0. The summed E-state index contributed by atoms with van der Waals surface area (Å²) in [7, 11) is 0. The van der Waals surface area contributed by atoms with Gasteiger partial charge >= 0.3 is 5.97 Å². The summed E-state index contributed by atoms with van der Waals surface area (Å²) in [6.07, 6.45) is 3.90. The highest BCUT2D eigenvalue weighted by molar-refractivity contribution is 5.98. The first-order valence-electron chi connectivity index (χ1n) is 10.2. The maximum Gasteiger partial charge on any atom is 0.306 e. The Morgan fingerprint density at radius 3 is 2.03 bits per heavy atom. The van der Waals surface area contributed by atoms with Crippen LogP contribution in [0.1, 0.15) is 40.7 Å². The van der Waals surface area contributed by atoms with E-state index in [0.717, 1.165) is 11.1 Å². The summed E-state index contributed by atoms with van der Waals surface area (Å²) in [4.78, 5) is 25.5. The zero-order valence-electron chi connectivity index (χ0n) is 17.1. The lowest BCUT2D eigenvalue weighted by Gasteiger charge is -2.23. The molecule has 0 spiro atoms. The van der Waals surface area contributed by atoms with Gasteiger partial charge in [-0.25, -0.2) is 0 Å². The van der Waals surface area contributed by atoms with Crippen molar-refractivity contribution >= 4 is 17.8 Å². The highest BCUT2D eigenvalue weighted by atomic mass is 16.5. The van der Waals surface area contributed by atoms with Gasteiger partial charge in [-0.3, -0.25) is 9.59 Å². The van der Waals surface area contributed by atoms with E-state index in [9.17, 15) is 9.59 Å². The third kappa shape index (κ3) is 6.02. The number of hydrogen-bond acceptors (Lipinski definition) is 3. The van der Waals surface area contributed by atoms with Crippen LogP contribution in [0.2, 0.25) is 0 Å². The number of hydrogen-bond donors (Lipinski definition) is 0. The normalized spacial score (nSPS) is 13.0. The topological polar surface area (TPSA) is 43.4 Å². The van der Waals surface area contributed by atoms with E-state index in [1.165, 1.54) is 0 Å². The SMILES string of the molecule is CC(C(=O)c1ccccc1)C(CC(=O)OC/C=C/c1ccccc1)c1ccccc1. The minimum atomic E-state index is -0.345. The second-order valence-corrected chi connectivity index (χ2v) is 7.24. The predicted molar refractivity (Wildman–Crippen MR) is 120 cm³/mol. The third-order valence-electron chi connectivity index (χ3n) is 5.14. The lowest BCUT2D eigenvalue weighted by atomic mass is 9.80. The fourth-order valence-corrected chi connectivity index (χ4v) is 3.46. The molecule has 3 rings (SSSR count). The van der Waals surface area contributed by atoms with Crippen LogP contribution < -0.4 is 0 Å². The van der Waals surface area contributed by atoms with Gasteiger partial charge in [0.05, 0.1) is 6.42 Å². The van der Waals surface area contributed by atoms with Crippen molar-refractivity contribution in [3.05, 3.63) is 114 Å². The Balaban J connectivity index is 1.66. The van der Waals surface area contributed by atoms with Gasteiger partial charge in [0.2, 0.25) is 0 Å². The largest absolute Gasteiger partial charge is 0.461 e. The summed E-state index contributed by atoms with van der Waals surface area (Å²) in [6.45, 7) is 2.09. The van der Waals surface area contributed by atoms with E-state index >= 15 is 0 Å². The molecule has 0 fully saturated rings. The molecule has 0 aromatic heterocycles. The Morgan fingerprint density at radius 1 is 0.833 bits per heavy atom. The first-order chi connectivity index (χ1) is 14.6. The number of ether oxygens (including phenoxy) is 1. The Labute approximate surface area is 178 Å². The Hall–Kier alpha value is -3.46. The van der Waals surface area contributed by atoms with E-state index < -0.39 is 0 Å². The van der Waals surface area contributed by atoms with Crippen molar-refractivity contribution in [2.75, 3.05) is 6.61 Å². The van der Waals surface area contributed by atoms with Crippen LogP contribution >= 0.6 is 0 Å². The van der Waals surface area contributed by atoms with Crippen molar-refractivity contribution in [1.29, 1.82) is 0 Å². The van der Waals surface area contributed by atoms with Gasteiger partial charge in [0.15, 0.2) is 5.78 Å². The van der Waals surface area contributed by atoms with Crippen LogP contribution in [0, 0.1) is 5.92 Å². The van der Waals surface area contributed by atoms with Crippen LogP contribution in [0.3, 0.4) is 0 Å². The molecular formula is C27H26O3. The van der Waals surface area contributed by atoms with Crippen molar-refractivity contribution < 1.29 is 14.3 Å². The fraction of sp³-hybridized carbons (Fsp3) is 0.185. The number of ketones is 1. The average Bonchev–Trinajstić information content (AvgIpc) is 2.81. The summed E-state index contributed by atoms with van der Waals surface area (Å²) < 4.78 is 5.41. The molecule has 30 heavy (non-hydrogen) atoms. The van der Waals surface area contributed by atoms with Gasteiger partial charge in [0.1, 0.15) is 6.61 Å². The number of carbonyl (C=O) groups excluding carboxylic acids is 2. The molecule has 0 saturated heterocycles. The molecule has 0 radical (unpaired) electrons. The molecule has 0 bridgehead atoms. The van der Waals surface area contributed by atoms with Crippen LogP contribution in [0.4, 0.5) is 0 Å². The second-order valence-electron chi connectivity index (χ2n) is 7.24. The molecule has 0 amide bonds. The van der Waals surface area contributed by atoms with Crippen LogP contribution in [0.15, 0.2) is 97.1 Å². The molecule has 2 atom stereocenters. The molecule has 3 nitrogen and oxygen atoms in total. The summed E-state index contributed by atoms with van der Waals surface area (Å²) in [5.74, 6) is -0.873. The van der Waals surface area contributed by atoms with E-state index in [0.29, 0.717) is 5.56 Å². The van der Waals surface area contributed by atoms with Gasteiger partial charge in [0.25, 0.3) is 0 Å². The van der Waals surface area contributed by atoms with Gasteiger partial charge in [0, 0.05) is 17.4 Å². The van der Waals surface area contributed by atoms with Crippen molar-refractivity contribution in [2.24, 2.45) is 5.92 Å². The van der Waals surface area contributed by atoms with Gasteiger partial charge < -0.3 is 4.74 Å². The number of benzene rings is 3. The minimum absolute atomic E-state index is 0.0289. The molecule has 0 aliphatic heterocycles. The van der Waals surface area contributed by atoms with Crippen LogP contribution in [0.5, 0.6) is 0 Å². The van der Waals surface area contributed by atoms with Crippen LogP contribution in [0.25, 0.3) is 6.08 Å². The van der Waals surface area contributed by atoms with E-state index in [4.69, 9.17) is 4.74 Å². The first-order valence-corrected chi connectivity index (χ1v) is 10.2. The predicted octanol–water partition coefficient (Wildman–Crippen LogP) is 5.94. The van der Waals surface area contributed by atoms with Crippen molar-refractivity contribution in [1.82, 2.24) is 0 Å². The molecule has 152 valence electrons. The fourth-order valence-electron chi connectivity index (χ4n) is 3.46. The molecular weight excluding hydrogens is 372 g/mol. The number of esters is 1. The van der Waals surface area contributed by atoms with E-state index in [1.807, 2.05) is 110 Å². The molecule has 3 heteroatoms.